The summed E-state index contributed by atoms with van der Waals surface area (Å²) >= 11 is 0. The summed E-state index contributed by atoms with van der Waals surface area (Å²) in [7, 11) is 0. The van der Waals surface area contributed by atoms with Crippen LogP contribution in [0.25, 0.3) is 0 Å². The maximum absolute atomic E-state index is 5.90. The molecule has 0 amide bonds. The van der Waals surface area contributed by atoms with Crippen LogP contribution in [0, 0.1) is 0 Å². The van der Waals surface area contributed by atoms with Crippen LogP contribution in [0.3, 0.4) is 0 Å². The summed E-state index contributed by atoms with van der Waals surface area (Å²) in [6.07, 6.45) is 5.96. The van der Waals surface area contributed by atoms with E-state index in [9.17, 15) is 0 Å². The Bertz CT molecular complexity index is 284. The van der Waals surface area contributed by atoms with Crippen LogP contribution in [0.4, 0.5) is 0 Å². The third-order valence-electron chi connectivity index (χ3n) is 3.24. The minimum absolute atomic E-state index is 0.0509. The molecule has 1 rings (SSSR count). The van der Waals surface area contributed by atoms with Crippen LogP contribution in [0.15, 0.2) is 12.5 Å². The molecular weight excluding hydrogens is 174 g/mol. The van der Waals surface area contributed by atoms with Crippen molar-refractivity contribution in [2.45, 2.75) is 52.1 Å². The first-order chi connectivity index (χ1) is 6.55. The molecule has 0 saturated carbocycles. The Hall–Kier alpha value is -0.830. The van der Waals surface area contributed by atoms with Crippen molar-refractivity contribution in [3.05, 3.63) is 18.2 Å². The van der Waals surface area contributed by atoms with Crippen molar-refractivity contribution in [1.29, 1.82) is 0 Å². The van der Waals surface area contributed by atoms with Gasteiger partial charge in [-0.25, -0.2) is 4.98 Å². The molecule has 0 aromatic carbocycles. The smallest absolute Gasteiger partial charge is 0.0953 e. The molecule has 80 valence electrons. The first-order valence-corrected chi connectivity index (χ1v) is 5.33. The molecule has 3 heteroatoms. The zero-order chi connectivity index (χ0) is 10.8. The van der Waals surface area contributed by atoms with Gasteiger partial charge in [-0.3, -0.25) is 0 Å². The molecule has 0 aliphatic rings. The summed E-state index contributed by atoms with van der Waals surface area (Å²) in [6.45, 7) is 8.66. The quantitative estimate of drug-likeness (QED) is 0.802. The second-order valence-corrected chi connectivity index (χ2v) is 4.18. The second-order valence-electron chi connectivity index (χ2n) is 4.18. The molecule has 2 N–H and O–H groups in total. The lowest BCUT2D eigenvalue weighted by Gasteiger charge is -2.31. The minimum atomic E-state index is 0.0509. The van der Waals surface area contributed by atoms with Crippen molar-refractivity contribution < 1.29 is 0 Å². The standard InChI is InChI=1S/C11H21N3/c1-5-11(4,6-2)14-8-13-7-10(14)9(3)12/h7-9H,5-6,12H2,1-4H3/t9-/m0/s1. The molecule has 1 heterocycles. The normalized spacial score (nSPS) is 14.4. The van der Waals surface area contributed by atoms with Gasteiger partial charge in [0.15, 0.2) is 0 Å². The van der Waals surface area contributed by atoms with Gasteiger partial charge in [0, 0.05) is 17.8 Å². The van der Waals surface area contributed by atoms with Crippen LogP contribution in [0.1, 0.15) is 52.3 Å². The number of nitrogens with zero attached hydrogens (tertiary/aromatic N) is 2. The largest absolute Gasteiger partial charge is 0.327 e. The highest BCUT2D eigenvalue weighted by Crippen LogP contribution is 2.27. The molecule has 1 aromatic rings. The Morgan fingerprint density at radius 2 is 2.07 bits per heavy atom. The van der Waals surface area contributed by atoms with Crippen molar-refractivity contribution in [3.8, 4) is 0 Å². The molecule has 14 heavy (non-hydrogen) atoms. The van der Waals surface area contributed by atoms with Gasteiger partial charge >= 0.3 is 0 Å². The number of imidazole rings is 1. The van der Waals surface area contributed by atoms with Crippen LogP contribution < -0.4 is 5.73 Å². The molecule has 3 nitrogen and oxygen atoms in total. The Labute approximate surface area is 86.3 Å². The topological polar surface area (TPSA) is 43.8 Å². The highest BCUT2D eigenvalue weighted by Gasteiger charge is 2.24. The first-order valence-electron chi connectivity index (χ1n) is 5.33. The minimum Gasteiger partial charge on any atom is -0.327 e. The lowest BCUT2D eigenvalue weighted by molar-refractivity contribution is 0.282. The lowest BCUT2D eigenvalue weighted by atomic mass is 9.94. The van der Waals surface area contributed by atoms with Gasteiger partial charge < -0.3 is 10.3 Å². The van der Waals surface area contributed by atoms with Gasteiger partial charge in [0.2, 0.25) is 0 Å². The van der Waals surface area contributed by atoms with Crippen molar-refractivity contribution in [3.63, 3.8) is 0 Å². The van der Waals surface area contributed by atoms with Crippen LogP contribution in [0.5, 0.6) is 0 Å². The van der Waals surface area contributed by atoms with Crippen molar-refractivity contribution in [2.24, 2.45) is 5.73 Å². The Kier molecular flexibility index (Phi) is 3.32. The number of hydrogen-bond acceptors (Lipinski definition) is 2. The molecule has 1 atom stereocenters. The van der Waals surface area contributed by atoms with Gasteiger partial charge in [0.05, 0.1) is 12.0 Å². The Morgan fingerprint density at radius 1 is 1.50 bits per heavy atom. The molecule has 0 fully saturated rings. The second kappa shape index (κ2) is 4.13. The number of hydrogen-bond donors (Lipinski definition) is 1. The highest BCUT2D eigenvalue weighted by atomic mass is 15.1. The maximum atomic E-state index is 5.90. The molecule has 0 aliphatic carbocycles. The van der Waals surface area contributed by atoms with Gasteiger partial charge in [-0.15, -0.1) is 0 Å². The fraction of sp³-hybridized carbons (Fsp3) is 0.727. The third-order valence-corrected chi connectivity index (χ3v) is 3.24. The predicted molar refractivity (Wildman–Crippen MR) is 59.1 cm³/mol. The monoisotopic (exact) mass is 195 g/mol. The average molecular weight is 195 g/mol. The van der Waals surface area contributed by atoms with Gasteiger partial charge in [0.1, 0.15) is 0 Å². The zero-order valence-corrected chi connectivity index (χ0v) is 9.62. The molecule has 0 saturated heterocycles. The van der Waals surface area contributed by atoms with Crippen LogP contribution in [-0.2, 0) is 5.54 Å². The van der Waals surface area contributed by atoms with E-state index in [0.717, 1.165) is 18.5 Å². The average Bonchev–Trinajstić information content (AvgIpc) is 2.65. The Morgan fingerprint density at radius 3 is 2.50 bits per heavy atom. The van der Waals surface area contributed by atoms with Gasteiger partial charge in [-0.05, 0) is 26.7 Å². The van der Waals surface area contributed by atoms with Gasteiger partial charge in [-0.2, -0.15) is 0 Å². The molecular formula is C11H21N3. The van der Waals surface area contributed by atoms with Crippen molar-refractivity contribution >= 4 is 0 Å². The fourth-order valence-electron chi connectivity index (χ4n) is 1.68. The van der Waals surface area contributed by atoms with E-state index in [1.54, 1.807) is 0 Å². The summed E-state index contributed by atoms with van der Waals surface area (Å²) in [6, 6.07) is 0.0509. The van der Waals surface area contributed by atoms with E-state index < -0.39 is 0 Å². The summed E-state index contributed by atoms with van der Waals surface area (Å²) in [5.41, 5.74) is 7.18. The SMILES string of the molecule is CCC(C)(CC)n1cncc1[C@H](C)N. The zero-order valence-electron chi connectivity index (χ0n) is 9.62. The van der Waals surface area contributed by atoms with Crippen LogP contribution in [-0.4, -0.2) is 9.55 Å². The van der Waals surface area contributed by atoms with Gasteiger partial charge in [-0.1, -0.05) is 13.8 Å². The first kappa shape index (κ1) is 11.2. The van der Waals surface area contributed by atoms with E-state index in [0.29, 0.717) is 0 Å². The summed E-state index contributed by atoms with van der Waals surface area (Å²) in [4.78, 5) is 4.19. The van der Waals surface area contributed by atoms with Crippen LogP contribution >= 0.6 is 0 Å². The molecule has 0 spiro atoms. The van der Waals surface area contributed by atoms with Crippen molar-refractivity contribution in [1.82, 2.24) is 9.55 Å². The van der Waals surface area contributed by atoms with E-state index >= 15 is 0 Å². The lowest BCUT2D eigenvalue weighted by Crippen LogP contribution is -2.31. The van der Waals surface area contributed by atoms with Crippen LogP contribution in [0.2, 0.25) is 0 Å². The van der Waals surface area contributed by atoms with Crippen molar-refractivity contribution in [2.75, 3.05) is 0 Å². The molecule has 0 bridgehead atoms. The molecule has 0 radical (unpaired) electrons. The third kappa shape index (κ3) is 1.82. The van der Waals surface area contributed by atoms with E-state index in [4.69, 9.17) is 5.73 Å². The van der Waals surface area contributed by atoms with E-state index in [1.165, 1.54) is 0 Å². The molecule has 0 unspecified atom stereocenters. The number of aromatic nitrogens is 2. The number of nitrogens with two attached hydrogens (primary N) is 1. The number of rotatable bonds is 4. The predicted octanol–water partition coefficient (Wildman–Crippen LogP) is 2.44. The molecule has 1 aromatic heterocycles. The maximum Gasteiger partial charge on any atom is 0.0953 e. The van der Waals surface area contributed by atoms with E-state index in [-0.39, 0.29) is 11.6 Å². The fourth-order valence-corrected chi connectivity index (χ4v) is 1.68. The Balaban J connectivity index is 3.10. The molecule has 0 aliphatic heterocycles. The van der Waals surface area contributed by atoms with E-state index in [2.05, 4.69) is 30.3 Å². The highest BCUT2D eigenvalue weighted by molar-refractivity contribution is 5.07. The summed E-state index contributed by atoms with van der Waals surface area (Å²) in [5.74, 6) is 0. The summed E-state index contributed by atoms with van der Waals surface area (Å²) < 4.78 is 2.22. The summed E-state index contributed by atoms with van der Waals surface area (Å²) in [5, 5.41) is 0. The van der Waals surface area contributed by atoms with Gasteiger partial charge in [0.25, 0.3) is 0 Å². The van der Waals surface area contributed by atoms with E-state index in [1.807, 2.05) is 19.4 Å².